The number of halogens is 1. The van der Waals surface area contributed by atoms with Crippen molar-refractivity contribution in [1.29, 1.82) is 0 Å². The van der Waals surface area contributed by atoms with Crippen LogP contribution in [0, 0.1) is 0 Å². The van der Waals surface area contributed by atoms with E-state index in [9.17, 15) is 4.79 Å². The van der Waals surface area contributed by atoms with Gasteiger partial charge in [0.15, 0.2) is 0 Å². The lowest BCUT2D eigenvalue weighted by molar-refractivity contribution is 0.102. The van der Waals surface area contributed by atoms with Gasteiger partial charge in [0.25, 0.3) is 5.91 Å². The van der Waals surface area contributed by atoms with Crippen LogP contribution in [0.2, 0.25) is 5.02 Å². The molecule has 2 aromatic rings. The molecule has 2 aromatic carbocycles. The highest BCUT2D eigenvalue weighted by molar-refractivity contribution is 6.32. The quantitative estimate of drug-likeness (QED) is 0.823. The molecule has 1 fully saturated rings. The molecule has 6 heteroatoms. The van der Waals surface area contributed by atoms with E-state index < -0.39 is 0 Å². The minimum absolute atomic E-state index is 0.208. The fraction of sp³-hybridized carbons (Fsp3) is 0.350. The van der Waals surface area contributed by atoms with Crippen LogP contribution in [-0.2, 0) is 6.54 Å². The molecule has 5 nitrogen and oxygen atoms in total. The molecule has 3 rings (SSSR count). The summed E-state index contributed by atoms with van der Waals surface area (Å²) in [7, 11) is 3.05. The first-order valence-corrected chi connectivity index (χ1v) is 9.02. The fourth-order valence-corrected chi connectivity index (χ4v) is 3.34. The first-order valence-electron chi connectivity index (χ1n) is 8.65. The van der Waals surface area contributed by atoms with Crippen molar-refractivity contribution in [3.05, 3.63) is 52.5 Å². The maximum atomic E-state index is 12.6. The van der Waals surface area contributed by atoms with Gasteiger partial charge >= 0.3 is 0 Å². The van der Waals surface area contributed by atoms with Crippen LogP contribution in [0.15, 0.2) is 36.4 Å². The van der Waals surface area contributed by atoms with E-state index in [1.165, 1.54) is 32.6 Å². The molecule has 1 saturated heterocycles. The Bertz CT molecular complexity index is 771. The van der Waals surface area contributed by atoms with Gasteiger partial charge in [0.1, 0.15) is 11.5 Å². The van der Waals surface area contributed by atoms with Crippen LogP contribution in [0.4, 0.5) is 5.69 Å². The number of methoxy groups -OCH3 is 2. The summed E-state index contributed by atoms with van der Waals surface area (Å²) < 4.78 is 10.5. The zero-order chi connectivity index (χ0) is 18.5. The zero-order valence-electron chi connectivity index (χ0n) is 15.0. The molecule has 0 radical (unpaired) electrons. The number of rotatable bonds is 6. The van der Waals surface area contributed by atoms with Gasteiger partial charge in [0.05, 0.1) is 24.9 Å². The van der Waals surface area contributed by atoms with E-state index in [4.69, 9.17) is 21.1 Å². The normalized spacial score (nSPS) is 14.3. The predicted molar refractivity (Wildman–Crippen MR) is 103 cm³/mol. The number of ether oxygens (including phenoxy) is 2. The van der Waals surface area contributed by atoms with Gasteiger partial charge in [-0.3, -0.25) is 9.69 Å². The van der Waals surface area contributed by atoms with Crippen molar-refractivity contribution in [3.63, 3.8) is 0 Å². The third-order valence-corrected chi connectivity index (χ3v) is 4.84. The van der Waals surface area contributed by atoms with Crippen LogP contribution in [0.5, 0.6) is 11.5 Å². The molecule has 0 aliphatic carbocycles. The van der Waals surface area contributed by atoms with E-state index in [1.807, 2.05) is 24.3 Å². The maximum Gasteiger partial charge on any atom is 0.255 e. The summed E-state index contributed by atoms with van der Waals surface area (Å²) in [5.74, 6) is 0.749. The SMILES string of the molecule is COc1cc(NC(=O)c2ccc(CN3CCCC3)cc2)c(OC)cc1Cl. The van der Waals surface area contributed by atoms with Gasteiger partial charge in [-0.15, -0.1) is 0 Å². The third-order valence-electron chi connectivity index (χ3n) is 4.54. The molecule has 1 heterocycles. The minimum Gasteiger partial charge on any atom is -0.495 e. The molecule has 1 amide bonds. The van der Waals surface area contributed by atoms with Crippen LogP contribution < -0.4 is 14.8 Å². The number of likely N-dealkylation sites (tertiary alicyclic amines) is 1. The Hall–Kier alpha value is -2.24. The van der Waals surface area contributed by atoms with Crippen LogP contribution in [-0.4, -0.2) is 38.1 Å². The van der Waals surface area contributed by atoms with E-state index in [1.54, 1.807) is 12.1 Å². The monoisotopic (exact) mass is 374 g/mol. The van der Waals surface area contributed by atoms with Crippen molar-refractivity contribution in [1.82, 2.24) is 4.90 Å². The summed E-state index contributed by atoms with van der Waals surface area (Å²) in [5.41, 5.74) is 2.32. The first kappa shape index (κ1) is 18.5. The van der Waals surface area contributed by atoms with E-state index in [2.05, 4.69) is 10.2 Å². The number of amides is 1. The van der Waals surface area contributed by atoms with Crippen molar-refractivity contribution in [3.8, 4) is 11.5 Å². The van der Waals surface area contributed by atoms with Crippen molar-refractivity contribution in [2.75, 3.05) is 32.6 Å². The molecule has 26 heavy (non-hydrogen) atoms. The van der Waals surface area contributed by atoms with Gasteiger partial charge in [0, 0.05) is 24.2 Å². The summed E-state index contributed by atoms with van der Waals surface area (Å²) in [4.78, 5) is 15.0. The molecule has 0 aromatic heterocycles. The van der Waals surface area contributed by atoms with Gasteiger partial charge in [-0.1, -0.05) is 23.7 Å². The number of nitrogens with one attached hydrogen (secondary N) is 1. The van der Waals surface area contributed by atoms with Gasteiger partial charge in [0.2, 0.25) is 0 Å². The number of hydrogen-bond acceptors (Lipinski definition) is 4. The molecule has 0 spiro atoms. The van der Waals surface area contributed by atoms with Crippen LogP contribution in [0.3, 0.4) is 0 Å². The highest BCUT2D eigenvalue weighted by atomic mass is 35.5. The average Bonchev–Trinajstić information content (AvgIpc) is 3.16. The van der Waals surface area contributed by atoms with Crippen molar-refractivity contribution < 1.29 is 14.3 Å². The molecule has 1 N–H and O–H groups in total. The molecule has 1 aliphatic heterocycles. The highest BCUT2D eigenvalue weighted by Crippen LogP contribution is 2.36. The highest BCUT2D eigenvalue weighted by Gasteiger charge is 2.15. The Kier molecular flexibility index (Phi) is 6.01. The van der Waals surface area contributed by atoms with Crippen LogP contribution in [0.25, 0.3) is 0 Å². The average molecular weight is 375 g/mol. The van der Waals surface area contributed by atoms with E-state index in [-0.39, 0.29) is 5.91 Å². The molecule has 0 saturated carbocycles. The maximum absolute atomic E-state index is 12.6. The molecule has 138 valence electrons. The van der Waals surface area contributed by atoms with Crippen molar-refractivity contribution in [2.24, 2.45) is 0 Å². The lowest BCUT2D eigenvalue weighted by atomic mass is 10.1. The summed E-state index contributed by atoms with van der Waals surface area (Å²) in [6, 6.07) is 11.0. The summed E-state index contributed by atoms with van der Waals surface area (Å²) in [6.45, 7) is 3.24. The van der Waals surface area contributed by atoms with E-state index in [0.29, 0.717) is 27.8 Å². The lowest BCUT2D eigenvalue weighted by Gasteiger charge is -2.15. The Morgan fingerprint density at radius 1 is 1.08 bits per heavy atom. The largest absolute Gasteiger partial charge is 0.495 e. The second-order valence-electron chi connectivity index (χ2n) is 6.32. The predicted octanol–water partition coefficient (Wildman–Crippen LogP) is 4.21. The Labute approximate surface area is 158 Å². The Morgan fingerprint density at radius 2 is 1.73 bits per heavy atom. The number of nitrogens with zero attached hydrogens (tertiary/aromatic N) is 1. The third kappa shape index (κ3) is 4.29. The number of carbonyl (C=O) groups is 1. The number of hydrogen-bond donors (Lipinski definition) is 1. The smallest absolute Gasteiger partial charge is 0.255 e. The van der Waals surface area contributed by atoms with Crippen molar-refractivity contribution >= 4 is 23.2 Å². The van der Waals surface area contributed by atoms with Crippen molar-refractivity contribution in [2.45, 2.75) is 19.4 Å². The molecular formula is C20H23ClN2O3. The van der Waals surface area contributed by atoms with E-state index in [0.717, 1.165) is 19.6 Å². The van der Waals surface area contributed by atoms with Gasteiger partial charge in [-0.05, 0) is 43.6 Å². The van der Waals surface area contributed by atoms with Gasteiger partial charge in [-0.25, -0.2) is 0 Å². The van der Waals surface area contributed by atoms with Gasteiger partial charge < -0.3 is 14.8 Å². The summed E-state index contributed by atoms with van der Waals surface area (Å²) >= 11 is 6.10. The number of carbonyl (C=O) groups excluding carboxylic acids is 1. The molecule has 1 aliphatic rings. The molecule has 0 atom stereocenters. The minimum atomic E-state index is -0.208. The Balaban J connectivity index is 1.71. The second kappa shape index (κ2) is 8.43. The summed E-state index contributed by atoms with van der Waals surface area (Å²) in [5, 5.41) is 3.28. The second-order valence-corrected chi connectivity index (χ2v) is 6.73. The first-order chi connectivity index (χ1) is 12.6. The van der Waals surface area contributed by atoms with E-state index >= 15 is 0 Å². The summed E-state index contributed by atoms with van der Waals surface area (Å²) in [6.07, 6.45) is 2.54. The number of anilines is 1. The van der Waals surface area contributed by atoms with Crippen LogP contribution >= 0.6 is 11.6 Å². The fourth-order valence-electron chi connectivity index (χ4n) is 3.11. The Morgan fingerprint density at radius 3 is 2.35 bits per heavy atom. The van der Waals surface area contributed by atoms with Gasteiger partial charge in [-0.2, -0.15) is 0 Å². The molecular weight excluding hydrogens is 352 g/mol. The standard InChI is InChI=1S/C20H23ClN2O3/c1-25-18-12-17(19(26-2)11-16(18)21)22-20(24)15-7-5-14(6-8-15)13-23-9-3-4-10-23/h5-8,11-12H,3-4,9-10,13H2,1-2H3,(H,22,24). The van der Waals surface area contributed by atoms with Crippen LogP contribution in [0.1, 0.15) is 28.8 Å². The zero-order valence-corrected chi connectivity index (χ0v) is 15.8. The number of benzene rings is 2. The molecule has 0 unspecified atom stereocenters. The topological polar surface area (TPSA) is 50.8 Å². The lowest BCUT2D eigenvalue weighted by Crippen LogP contribution is -2.18. The molecule has 0 bridgehead atoms.